The van der Waals surface area contributed by atoms with Crippen molar-refractivity contribution in [3.8, 4) is 11.5 Å². The molecule has 0 aliphatic heterocycles. The Morgan fingerprint density at radius 3 is 0.889 bits per heavy atom. The number of unbranched alkanes of at least 4 members (excludes halogenated alkanes) is 22. The summed E-state index contributed by atoms with van der Waals surface area (Å²) >= 11 is 0. The van der Waals surface area contributed by atoms with Crippen LogP contribution in [0, 0.1) is 0 Å². The lowest BCUT2D eigenvalue weighted by atomic mass is 9.98. The SMILES string of the molecule is CCCCCCCCCCCCCCc1cc(CCCCCCCCCCCCCC)c(O)cc1O. The van der Waals surface area contributed by atoms with Crippen LogP contribution >= 0.6 is 0 Å². The van der Waals surface area contributed by atoms with Crippen LogP contribution in [0.4, 0.5) is 0 Å². The van der Waals surface area contributed by atoms with Gasteiger partial charge in [-0.3, -0.25) is 0 Å². The third kappa shape index (κ3) is 18.1. The van der Waals surface area contributed by atoms with Gasteiger partial charge in [-0.2, -0.15) is 0 Å². The number of phenolic OH excluding ortho intramolecular Hbond substituents is 2. The molecule has 0 aliphatic rings. The van der Waals surface area contributed by atoms with E-state index in [0.29, 0.717) is 0 Å². The molecule has 1 aromatic rings. The first-order chi connectivity index (χ1) is 17.7. The Labute approximate surface area is 225 Å². The Balaban J connectivity index is 2.08. The highest BCUT2D eigenvalue weighted by molar-refractivity contribution is 5.45. The second-order valence-electron chi connectivity index (χ2n) is 11.4. The Kier molecular flexibility index (Phi) is 22.1. The van der Waals surface area contributed by atoms with Crippen LogP contribution in [-0.2, 0) is 12.8 Å². The molecule has 0 amide bonds. The summed E-state index contributed by atoms with van der Waals surface area (Å²) in [7, 11) is 0. The Bertz CT molecular complexity index is 560. The summed E-state index contributed by atoms with van der Waals surface area (Å²) in [5, 5.41) is 20.6. The van der Waals surface area contributed by atoms with E-state index in [2.05, 4.69) is 19.9 Å². The van der Waals surface area contributed by atoms with E-state index < -0.39 is 0 Å². The molecule has 0 atom stereocenters. The molecule has 0 heterocycles. The average molecular weight is 503 g/mol. The molecule has 0 radical (unpaired) electrons. The van der Waals surface area contributed by atoms with Crippen LogP contribution in [0.5, 0.6) is 11.5 Å². The summed E-state index contributed by atoms with van der Waals surface area (Å²) in [6.45, 7) is 4.56. The van der Waals surface area contributed by atoms with E-state index in [0.717, 1.165) is 36.8 Å². The van der Waals surface area contributed by atoms with Crippen LogP contribution in [0.3, 0.4) is 0 Å². The van der Waals surface area contributed by atoms with E-state index in [4.69, 9.17) is 0 Å². The highest BCUT2D eigenvalue weighted by Crippen LogP contribution is 2.30. The lowest BCUT2D eigenvalue weighted by Gasteiger charge is -2.11. The van der Waals surface area contributed by atoms with Gasteiger partial charge in [0.25, 0.3) is 0 Å². The fourth-order valence-corrected chi connectivity index (χ4v) is 5.39. The first kappa shape index (κ1) is 32.8. The molecule has 2 heteroatoms. The maximum Gasteiger partial charge on any atom is 0.122 e. The van der Waals surface area contributed by atoms with E-state index in [9.17, 15) is 10.2 Å². The van der Waals surface area contributed by atoms with Crippen molar-refractivity contribution in [3.05, 3.63) is 23.3 Å². The first-order valence-corrected chi connectivity index (χ1v) is 16.2. The number of benzene rings is 1. The van der Waals surface area contributed by atoms with Gasteiger partial charge in [0.2, 0.25) is 0 Å². The van der Waals surface area contributed by atoms with Crippen molar-refractivity contribution in [1.82, 2.24) is 0 Å². The largest absolute Gasteiger partial charge is 0.508 e. The predicted molar refractivity (Wildman–Crippen MR) is 159 cm³/mol. The Hall–Kier alpha value is -1.18. The highest BCUT2D eigenvalue weighted by Gasteiger charge is 2.09. The third-order valence-electron chi connectivity index (χ3n) is 7.88. The van der Waals surface area contributed by atoms with Gasteiger partial charge < -0.3 is 10.2 Å². The molecule has 0 aliphatic carbocycles. The molecule has 210 valence electrons. The van der Waals surface area contributed by atoms with Crippen molar-refractivity contribution in [2.75, 3.05) is 0 Å². The fourth-order valence-electron chi connectivity index (χ4n) is 5.39. The highest BCUT2D eigenvalue weighted by atomic mass is 16.3. The molecule has 2 N–H and O–H groups in total. The lowest BCUT2D eigenvalue weighted by molar-refractivity contribution is 0.439. The minimum atomic E-state index is 0.272. The Morgan fingerprint density at radius 1 is 0.361 bits per heavy atom. The van der Waals surface area contributed by atoms with Crippen LogP contribution in [-0.4, -0.2) is 10.2 Å². The smallest absolute Gasteiger partial charge is 0.122 e. The van der Waals surface area contributed by atoms with E-state index in [1.165, 1.54) is 141 Å². The summed E-state index contributed by atoms with van der Waals surface area (Å²) in [5.74, 6) is 0.544. The fraction of sp³-hybridized carbons (Fsp3) is 0.824. The summed E-state index contributed by atoms with van der Waals surface area (Å²) in [6.07, 6.45) is 34.3. The molecule has 0 fully saturated rings. The van der Waals surface area contributed by atoms with Crippen molar-refractivity contribution in [1.29, 1.82) is 0 Å². The van der Waals surface area contributed by atoms with Crippen LogP contribution in [0.1, 0.15) is 179 Å². The molecule has 0 saturated carbocycles. The van der Waals surface area contributed by atoms with Gasteiger partial charge in [-0.1, -0.05) is 155 Å². The monoisotopic (exact) mass is 502 g/mol. The number of aromatic hydroxyl groups is 2. The van der Waals surface area contributed by atoms with E-state index in [-0.39, 0.29) is 11.5 Å². The van der Waals surface area contributed by atoms with E-state index >= 15 is 0 Å². The number of hydrogen-bond donors (Lipinski definition) is 2. The molecular formula is C34H62O2. The second kappa shape index (κ2) is 24.2. The zero-order valence-corrected chi connectivity index (χ0v) is 24.4. The van der Waals surface area contributed by atoms with Gasteiger partial charge in [-0.05, 0) is 42.9 Å². The van der Waals surface area contributed by atoms with Crippen molar-refractivity contribution < 1.29 is 10.2 Å². The maximum atomic E-state index is 10.3. The number of rotatable bonds is 26. The van der Waals surface area contributed by atoms with Crippen LogP contribution in [0.2, 0.25) is 0 Å². The molecular weight excluding hydrogens is 440 g/mol. The minimum Gasteiger partial charge on any atom is -0.508 e. The van der Waals surface area contributed by atoms with Crippen molar-refractivity contribution >= 4 is 0 Å². The van der Waals surface area contributed by atoms with Gasteiger partial charge in [0.05, 0.1) is 0 Å². The van der Waals surface area contributed by atoms with Crippen molar-refractivity contribution in [3.63, 3.8) is 0 Å². The molecule has 0 spiro atoms. The summed E-state index contributed by atoms with van der Waals surface area (Å²) in [6, 6.07) is 3.65. The molecule has 2 nitrogen and oxygen atoms in total. The summed E-state index contributed by atoms with van der Waals surface area (Å²) in [4.78, 5) is 0. The van der Waals surface area contributed by atoms with Gasteiger partial charge in [0.1, 0.15) is 11.5 Å². The summed E-state index contributed by atoms with van der Waals surface area (Å²) in [5.41, 5.74) is 2.04. The van der Waals surface area contributed by atoms with E-state index in [1.54, 1.807) is 6.07 Å². The molecule has 0 saturated heterocycles. The Morgan fingerprint density at radius 2 is 0.611 bits per heavy atom. The van der Waals surface area contributed by atoms with E-state index in [1.807, 2.05) is 0 Å². The number of hydrogen-bond acceptors (Lipinski definition) is 2. The molecule has 0 unspecified atom stereocenters. The number of aryl methyl sites for hydroxylation is 2. The average Bonchev–Trinajstić information content (AvgIpc) is 2.87. The summed E-state index contributed by atoms with van der Waals surface area (Å²) < 4.78 is 0. The minimum absolute atomic E-state index is 0.272. The lowest BCUT2D eigenvalue weighted by Crippen LogP contribution is -1.93. The quantitative estimate of drug-likeness (QED) is 0.124. The van der Waals surface area contributed by atoms with Gasteiger partial charge in [-0.25, -0.2) is 0 Å². The molecule has 0 bridgehead atoms. The maximum absolute atomic E-state index is 10.3. The standard InChI is InChI=1S/C34H62O2/c1-3-5-7-9-11-13-15-17-19-21-23-25-27-31-29-32(34(36)30-33(31)35)28-26-24-22-20-18-16-14-12-10-8-6-4-2/h29-30,35-36H,3-28H2,1-2H3. The first-order valence-electron chi connectivity index (χ1n) is 16.2. The molecule has 0 aromatic heterocycles. The van der Waals surface area contributed by atoms with Crippen molar-refractivity contribution in [2.45, 2.75) is 181 Å². The molecule has 1 rings (SSSR count). The van der Waals surface area contributed by atoms with Gasteiger partial charge in [-0.15, -0.1) is 0 Å². The predicted octanol–water partition coefficient (Wildman–Crippen LogP) is 11.6. The zero-order chi connectivity index (χ0) is 26.1. The van der Waals surface area contributed by atoms with Crippen LogP contribution < -0.4 is 0 Å². The molecule has 1 aromatic carbocycles. The van der Waals surface area contributed by atoms with Crippen LogP contribution in [0.15, 0.2) is 12.1 Å². The topological polar surface area (TPSA) is 40.5 Å². The van der Waals surface area contributed by atoms with Crippen molar-refractivity contribution in [2.24, 2.45) is 0 Å². The molecule has 36 heavy (non-hydrogen) atoms. The second-order valence-corrected chi connectivity index (χ2v) is 11.4. The van der Waals surface area contributed by atoms with Gasteiger partial charge in [0.15, 0.2) is 0 Å². The van der Waals surface area contributed by atoms with Gasteiger partial charge >= 0.3 is 0 Å². The van der Waals surface area contributed by atoms with Gasteiger partial charge in [0, 0.05) is 6.07 Å². The zero-order valence-electron chi connectivity index (χ0n) is 24.4. The van der Waals surface area contributed by atoms with Crippen LogP contribution in [0.25, 0.3) is 0 Å². The number of phenols is 2. The normalized spacial score (nSPS) is 11.4. The third-order valence-corrected chi connectivity index (χ3v) is 7.88.